The molecule has 4 heterocycles. The van der Waals surface area contributed by atoms with E-state index in [0.717, 1.165) is 5.56 Å². The number of rotatable bonds is 4. The molecule has 1 aliphatic rings. The Bertz CT molecular complexity index is 1610. The molecule has 5 rings (SSSR count). The van der Waals surface area contributed by atoms with E-state index in [1.807, 2.05) is 0 Å². The van der Waals surface area contributed by atoms with Crippen molar-refractivity contribution in [1.29, 1.82) is 5.26 Å². The first-order chi connectivity index (χ1) is 15.9. The summed E-state index contributed by atoms with van der Waals surface area (Å²) in [7, 11) is 1.75. The molecule has 3 aromatic heterocycles. The Kier molecular flexibility index (Phi) is 5.23. The number of nitriles is 1. The molecule has 1 aromatic carbocycles. The number of aryl methyl sites for hydroxylation is 2. The van der Waals surface area contributed by atoms with Crippen molar-refractivity contribution in [3.63, 3.8) is 0 Å². The van der Waals surface area contributed by atoms with E-state index in [9.17, 15) is 14.0 Å². The van der Waals surface area contributed by atoms with Crippen LogP contribution in [0.1, 0.15) is 23.7 Å². The van der Waals surface area contributed by atoms with Crippen molar-refractivity contribution < 1.29 is 4.39 Å². The zero-order valence-corrected chi connectivity index (χ0v) is 18.9. The third-order valence-electron chi connectivity index (χ3n) is 5.65. The molecule has 0 spiro atoms. The van der Waals surface area contributed by atoms with Crippen molar-refractivity contribution >= 4 is 39.4 Å². The first-order valence-electron chi connectivity index (χ1n) is 10.0. The van der Waals surface area contributed by atoms with Gasteiger partial charge in [0.1, 0.15) is 16.6 Å². The van der Waals surface area contributed by atoms with Crippen LogP contribution >= 0.6 is 22.9 Å². The summed E-state index contributed by atoms with van der Waals surface area (Å²) < 4.78 is 18.2. The standard InChI is InChI=1S/C22H16ClFN6O2S/c1-28-19-12(10-27-28)9-26-11-17(19)30-21(31)20-16(29(22(30)32)6-2-5-25)8-18(33-20)14-4-3-13(24)7-15(14)23/h3-4,7-10,17H,2,6,11H2,1H3. The van der Waals surface area contributed by atoms with Gasteiger partial charge in [0.05, 0.1) is 41.5 Å². The van der Waals surface area contributed by atoms with Crippen molar-refractivity contribution in [2.24, 2.45) is 12.0 Å². The fourth-order valence-corrected chi connectivity index (χ4v) is 5.61. The number of aliphatic imine (C=N–C) groups is 1. The van der Waals surface area contributed by atoms with E-state index in [4.69, 9.17) is 16.9 Å². The third-order valence-corrected chi connectivity index (χ3v) is 7.11. The molecule has 8 nitrogen and oxygen atoms in total. The monoisotopic (exact) mass is 482 g/mol. The molecule has 0 saturated carbocycles. The van der Waals surface area contributed by atoms with Crippen molar-refractivity contribution in [1.82, 2.24) is 18.9 Å². The van der Waals surface area contributed by atoms with Crippen molar-refractivity contribution in [2.75, 3.05) is 6.54 Å². The normalized spacial score (nSPS) is 15.0. The molecule has 0 N–H and O–H groups in total. The van der Waals surface area contributed by atoms with Gasteiger partial charge >= 0.3 is 5.69 Å². The molecule has 0 bridgehead atoms. The molecule has 0 amide bonds. The van der Waals surface area contributed by atoms with Gasteiger partial charge in [0.25, 0.3) is 5.56 Å². The highest BCUT2D eigenvalue weighted by Crippen LogP contribution is 2.36. The maximum atomic E-state index is 13.6. The number of aromatic nitrogens is 4. The van der Waals surface area contributed by atoms with E-state index < -0.39 is 23.1 Å². The van der Waals surface area contributed by atoms with Crippen LogP contribution in [-0.2, 0) is 13.6 Å². The fourth-order valence-electron chi connectivity index (χ4n) is 4.15. The smallest absolute Gasteiger partial charge is 0.291 e. The molecule has 1 aliphatic heterocycles. The van der Waals surface area contributed by atoms with Gasteiger partial charge in [-0.1, -0.05) is 11.6 Å². The van der Waals surface area contributed by atoms with E-state index in [1.54, 1.807) is 30.2 Å². The minimum absolute atomic E-state index is 0.0927. The van der Waals surface area contributed by atoms with Gasteiger partial charge in [-0.15, -0.1) is 11.3 Å². The minimum Gasteiger partial charge on any atom is -0.291 e. The second-order valence-electron chi connectivity index (χ2n) is 7.59. The largest absolute Gasteiger partial charge is 0.332 e. The lowest BCUT2D eigenvalue weighted by molar-refractivity contribution is 0.484. The highest BCUT2D eigenvalue weighted by molar-refractivity contribution is 7.22. The molecule has 0 saturated heterocycles. The van der Waals surface area contributed by atoms with Gasteiger partial charge < -0.3 is 0 Å². The van der Waals surface area contributed by atoms with E-state index in [1.165, 1.54) is 38.7 Å². The highest BCUT2D eigenvalue weighted by atomic mass is 35.5. The molecule has 0 fully saturated rings. The zero-order chi connectivity index (χ0) is 23.3. The number of nitrogens with zero attached hydrogens (tertiary/aromatic N) is 6. The number of fused-ring (bicyclic) bond motifs is 2. The Morgan fingerprint density at radius 1 is 1.33 bits per heavy atom. The topological polar surface area (TPSA) is 98.0 Å². The van der Waals surface area contributed by atoms with Gasteiger partial charge in [-0.25, -0.2) is 13.8 Å². The molecule has 0 radical (unpaired) electrons. The van der Waals surface area contributed by atoms with Crippen molar-refractivity contribution in [2.45, 2.75) is 19.0 Å². The van der Waals surface area contributed by atoms with Gasteiger partial charge in [0.15, 0.2) is 0 Å². The second-order valence-corrected chi connectivity index (χ2v) is 9.04. The van der Waals surface area contributed by atoms with Gasteiger partial charge in [0.2, 0.25) is 0 Å². The Hall–Kier alpha value is -3.55. The molecule has 166 valence electrons. The molecule has 33 heavy (non-hydrogen) atoms. The summed E-state index contributed by atoms with van der Waals surface area (Å²) in [5.74, 6) is -0.469. The van der Waals surface area contributed by atoms with Crippen LogP contribution in [0.25, 0.3) is 20.7 Å². The summed E-state index contributed by atoms with van der Waals surface area (Å²) >= 11 is 7.42. The first kappa shape index (κ1) is 21.3. The maximum absolute atomic E-state index is 13.6. The predicted molar refractivity (Wildman–Crippen MR) is 125 cm³/mol. The van der Waals surface area contributed by atoms with Crippen molar-refractivity contribution in [3.8, 4) is 16.5 Å². The SMILES string of the molecule is Cn1ncc2c1C(n1c(=O)c3sc(-c4ccc(F)cc4Cl)cc3n(CCC#N)c1=O)CN=C2. The van der Waals surface area contributed by atoms with Crippen LogP contribution in [0.15, 0.2) is 45.0 Å². The van der Waals surface area contributed by atoms with E-state index in [0.29, 0.717) is 26.4 Å². The first-order valence-corrected chi connectivity index (χ1v) is 11.2. The molecule has 11 heteroatoms. The average Bonchev–Trinajstić information content (AvgIpc) is 3.39. The van der Waals surface area contributed by atoms with E-state index in [-0.39, 0.29) is 24.5 Å². The molecule has 1 unspecified atom stereocenters. The van der Waals surface area contributed by atoms with Crippen LogP contribution in [0, 0.1) is 17.1 Å². The lowest BCUT2D eigenvalue weighted by Gasteiger charge is -2.22. The Morgan fingerprint density at radius 2 is 2.15 bits per heavy atom. The summed E-state index contributed by atoms with van der Waals surface area (Å²) in [6.07, 6.45) is 3.41. The van der Waals surface area contributed by atoms with Crippen molar-refractivity contribution in [3.05, 3.63) is 73.4 Å². The van der Waals surface area contributed by atoms with Gasteiger partial charge in [0, 0.05) is 35.8 Å². The number of thiophene rings is 1. The predicted octanol–water partition coefficient (Wildman–Crippen LogP) is 3.35. The summed E-state index contributed by atoms with van der Waals surface area (Å²) in [6.45, 7) is 0.334. The molecule has 1 atom stereocenters. The molecule has 0 aliphatic carbocycles. The van der Waals surface area contributed by atoms with Crippen LogP contribution in [-0.4, -0.2) is 31.7 Å². The van der Waals surface area contributed by atoms with E-state index >= 15 is 0 Å². The zero-order valence-electron chi connectivity index (χ0n) is 17.3. The molecule has 4 aromatic rings. The van der Waals surface area contributed by atoms with E-state index in [2.05, 4.69) is 16.2 Å². The summed E-state index contributed by atoms with van der Waals surface area (Å²) in [6, 6.07) is 7.14. The van der Waals surface area contributed by atoms with Crippen LogP contribution < -0.4 is 11.2 Å². The minimum atomic E-state index is -0.629. The van der Waals surface area contributed by atoms with Crippen LogP contribution in [0.5, 0.6) is 0 Å². The Labute approximate surface area is 195 Å². The Balaban J connectivity index is 1.79. The molecular weight excluding hydrogens is 467 g/mol. The fraction of sp³-hybridized carbons (Fsp3) is 0.227. The summed E-state index contributed by atoms with van der Waals surface area (Å²) in [4.78, 5) is 32.1. The summed E-state index contributed by atoms with van der Waals surface area (Å²) in [5.41, 5.74) is 1.46. The average molecular weight is 483 g/mol. The number of halogens is 2. The number of hydrogen-bond acceptors (Lipinski definition) is 6. The van der Waals surface area contributed by atoms with Crippen LogP contribution in [0.2, 0.25) is 5.02 Å². The second kappa shape index (κ2) is 8.10. The molecular formula is C22H16ClFN6O2S. The maximum Gasteiger partial charge on any atom is 0.332 e. The van der Waals surface area contributed by atoms with Gasteiger partial charge in [-0.05, 0) is 24.3 Å². The third kappa shape index (κ3) is 3.41. The quantitative estimate of drug-likeness (QED) is 0.445. The lowest BCUT2D eigenvalue weighted by atomic mass is 10.1. The van der Waals surface area contributed by atoms with Gasteiger partial charge in [-0.3, -0.25) is 19.0 Å². The number of benzene rings is 1. The Morgan fingerprint density at radius 3 is 2.91 bits per heavy atom. The summed E-state index contributed by atoms with van der Waals surface area (Å²) in [5, 5.41) is 13.6. The van der Waals surface area contributed by atoms with Crippen LogP contribution in [0.3, 0.4) is 0 Å². The van der Waals surface area contributed by atoms with Crippen LogP contribution in [0.4, 0.5) is 4.39 Å². The highest BCUT2D eigenvalue weighted by Gasteiger charge is 2.29. The van der Waals surface area contributed by atoms with Gasteiger partial charge in [-0.2, -0.15) is 10.4 Å². The lowest BCUT2D eigenvalue weighted by Crippen LogP contribution is -2.44. The number of hydrogen-bond donors (Lipinski definition) is 0.